The largest absolute Gasteiger partial charge is 0.328 e. The van der Waals surface area contributed by atoms with E-state index in [-0.39, 0.29) is 11.9 Å². The summed E-state index contributed by atoms with van der Waals surface area (Å²) in [6.07, 6.45) is 3.72. The van der Waals surface area contributed by atoms with Gasteiger partial charge in [-0.3, -0.25) is 14.9 Å². The number of unbranched alkanes of at least 4 members (excludes halogenated alkanes) is 3. The van der Waals surface area contributed by atoms with Crippen LogP contribution < -0.4 is 10.4 Å². The first-order chi connectivity index (χ1) is 13.1. The molecular weight excluding hydrogens is 342 g/mol. The van der Waals surface area contributed by atoms with Crippen molar-refractivity contribution in [3.05, 3.63) is 60.7 Å². The molecule has 2 aromatic carbocycles. The summed E-state index contributed by atoms with van der Waals surface area (Å²) in [5.41, 5.74) is 3.29. The Labute approximate surface area is 160 Å². The number of amides is 3. The molecule has 0 unspecified atom stereocenters. The first kappa shape index (κ1) is 20.5. The van der Waals surface area contributed by atoms with Crippen LogP contribution in [-0.2, 0) is 4.79 Å². The number of para-hydroxylation sites is 2. The minimum absolute atomic E-state index is 0.0768. The maximum Gasteiger partial charge on any atom is 0.328 e. The number of hydrogen-bond donors (Lipinski definition) is 2. The molecule has 6 heteroatoms. The average molecular weight is 369 g/mol. The van der Waals surface area contributed by atoms with E-state index in [2.05, 4.69) is 0 Å². The normalized spacial score (nSPS) is 10.3. The number of hydrogen-bond acceptors (Lipinski definition) is 3. The molecule has 0 atom stereocenters. The van der Waals surface area contributed by atoms with E-state index in [1.165, 1.54) is 0 Å². The molecule has 0 aliphatic rings. The zero-order valence-electron chi connectivity index (χ0n) is 15.7. The SMILES string of the molecule is CN(CCCCCCC(=O)NO)C(=O)N(c1ccccc1)c1ccccc1. The predicted octanol–water partition coefficient (Wildman–Crippen LogP) is 4.33. The number of benzene rings is 2. The Morgan fingerprint density at radius 2 is 1.37 bits per heavy atom. The molecule has 27 heavy (non-hydrogen) atoms. The molecule has 0 aromatic heterocycles. The van der Waals surface area contributed by atoms with Crippen molar-refractivity contribution in [3.8, 4) is 0 Å². The van der Waals surface area contributed by atoms with E-state index >= 15 is 0 Å². The van der Waals surface area contributed by atoms with Gasteiger partial charge in [-0.2, -0.15) is 0 Å². The molecule has 6 nitrogen and oxygen atoms in total. The number of anilines is 2. The second-order valence-electron chi connectivity index (χ2n) is 6.41. The second kappa shape index (κ2) is 11.0. The van der Waals surface area contributed by atoms with Gasteiger partial charge < -0.3 is 4.90 Å². The Morgan fingerprint density at radius 1 is 0.852 bits per heavy atom. The highest BCUT2D eigenvalue weighted by atomic mass is 16.5. The molecular formula is C21H27N3O3. The maximum atomic E-state index is 13.1. The fourth-order valence-electron chi connectivity index (χ4n) is 2.83. The van der Waals surface area contributed by atoms with Gasteiger partial charge in [0.2, 0.25) is 5.91 Å². The van der Waals surface area contributed by atoms with Crippen LogP contribution >= 0.6 is 0 Å². The molecule has 2 N–H and O–H groups in total. The summed E-state index contributed by atoms with van der Waals surface area (Å²) in [5, 5.41) is 8.46. The first-order valence-corrected chi connectivity index (χ1v) is 9.21. The molecule has 0 aliphatic carbocycles. The number of carbonyl (C=O) groups is 2. The van der Waals surface area contributed by atoms with E-state index in [1.54, 1.807) is 22.3 Å². The molecule has 0 fully saturated rings. The third-order valence-corrected chi connectivity index (χ3v) is 4.32. The number of carbonyl (C=O) groups excluding carboxylic acids is 2. The van der Waals surface area contributed by atoms with Crippen LogP contribution in [0, 0.1) is 0 Å². The van der Waals surface area contributed by atoms with E-state index in [9.17, 15) is 9.59 Å². The van der Waals surface area contributed by atoms with Gasteiger partial charge in [-0.05, 0) is 37.1 Å². The van der Waals surface area contributed by atoms with Gasteiger partial charge in [0.1, 0.15) is 0 Å². The summed E-state index contributed by atoms with van der Waals surface area (Å²) in [6.45, 7) is 0.640. The number of hydroxylamine groups is 1. The Balaban J connectivity index is 1.92. The number of rotatable bonds is 9. The van der Waals surface area contributed by atoms with E-state index in [1.807, 2.05) is 60.7 Å². The van der Waals surface area contributed by atoms with E-state index < -0.39 is 0 Å². The van der Waals surface area contributed by atoms with Crippen molar-refractivity contribution in [1.29, 1.82) is 0 Å². The lowest BCUT2D eigenvalue weighted by Gasteiger charge is -2.28. The van der Waals surface area contributed by atoms with Crippen LogP contribution in [0.5, 0.6) is 0 Å². The molecule has 3 amide bonds. The number of nitrogens with zero attached hydrogens (tertiary/aromatic N) is 2. The van der Waals surface area contributed by atoms with Gasteiger partial charge in [0.05, 0.1) is 11.4 Å². The average Bonchev–Trinajstić information content (AvgIpc) is 2.71. The van der Waals surface area contributed by atoms with E-state index in [0.717, 1.165) is 37.1 Å². The maximum absolute atomic E-state index is 13.1. The van der Waals surface area contributed by atoms with Gasteiger partial charge in [-0.1, -0.05) is 49.2 Å². The molecule has 0 saturated carbocycles. The van der Waals surface area contributed by atoms with E-state index in [4.69, 9.17) is 5.21 Å². The van der Waals surface area contributed by atoms with Crippen LogP contribution in [0.2, 0.25) is 0 Å². The van der Waals surface area contributed by atoms with Gasteiger partial charge in [-0.25, -0.2) is 10.3 Å². The van der Waals surface area contributed by atoms with Crippen LogP contribution in [0.4, 0.5) is 16.2 Å². The lowest BCUT2D eigenvalue weighted by molar-refractivity contribution is -0.129. The van der Waals surface area contributed by atoms with E-state index in [0.29, 0.717) is 13.0 Å². The van der Waals surface area contributed by atoms with Crippen molar-refractivity contribution in [2.24, 2.45) is 0 Å². The lowest BCUT2D eigenvalue weighted by atomic mass is 10.1. The highest BCUT2D eigenvalue weighted by Gasteiger charge is 2.21. The van der Waals surface area contributed by atoms with Crippen LogP contribution in [0.25, 0.3) is 0 Å². The topological polar surface area (TPSA) is 72.9 Å². The molecule has 2 aromatic rings. The molecule has 0 bridgehead atoms. The Morgan fingerprint density at radius 3 is 1.89 bits per heavy atom. The third-order valence-electron chi connectivity index (χ3n) is 4.32. The Kier molecular flexibility index (Phi) is 8.32. The van der Waals surface area contributed by atoms with Gasteiger partial charge >= 0.3 is 6.03 Å². The highest BCUT2D eigenvalue weighted by Crippen LogP contribution is 2.26. The Hall–Kier alpha value is -2.86. The Bertz CT molecular complexity index is 668. The monoisotopic (exact) mass is 369 g/mol. The fourth-order valence-corrected chi connectivity index (χ4v) is 2.83. The highest BCUT2D eigenvalue weighted by molar-refractivity contribution is 5.99. The van der Waals surface area contributed by atoms with Gasteiger partial charge in [-0.15, -0.1) is 0 Å². The minimum Gasteiger partial charge on any atom is -0.327 e. The summed E-state index contributed by atoms with van der Waals surface area (Å²) >= 11 is 0. The first-order valence-electron chi connectivity index (χ1n) is 9.21. The predicted molar refractivity (Wildman–Crippen MR) is 106 cm³/mol. The van der Waals surface area contributed by atoms with Crippen molar-refractivity contribution in [2.45, 2.75) is 32.1 Å². The zero-order chi connectivity index (χ0) is 19.5. The molecule has 144 valence electrons. The zero-order valence-corrected chi connectivity index (χ0v) is 15.7. The minimum atomic E-state index is -0.358. The van der Waals surface area contributed by atoms with Crippen LogP contribution in [0.1, 0.15) is 32.1 Å². The van der Waals surface area contributed by atoms with Crippen molar-refractivity contribution in [1.82, 2.24) is 10.4 Å². The molecule has 0 saturated heterocycles. The second-order valence-corrected chi connectivity index (χ2v) is 6.41. The standard InChI is InChI=1S/C21H27N3O3/c1-23(17-11-3-2-10-16-20(25)22-27)21(26)24(18-12-6-4-7-13-18)19-14-8-5-9-15-19/h4-9,12-15,27H,2-3,10-11,16-17H2,1H3,(H,22,25). The lowest BCUT2D eigenvalue weighted by Crippen LogP contribution is -2.39. The third kappa shape index (κ3) is 6.42. The summed E-state index contributed by atoms with van der Waals surface area (Å²) in [5.74, 6) is -0.358. The molecule has 0 radical (unpaired) electrons. The van der Waals surface area contributed by atoms with Crippen molar-refractivity contribution in [3.63, 3.8) is 0 Å². The van der Waals surface area contributed by atoms with Crippen molar-refractivity contribution < 1.29 is 14.8 Å². The summed E-state index contributed by atoms with van der Waals surface area (Å²) < 4.78 is 0. The van der Waals surface area contributed by atoms with Gasteiger partial charge in [0.15, 0.2) is 0 Å². The quantitative estimate of drug-likeness (QED) is 0.392. The molecule has 0 spiro atoms. The van der Waals surface area contributed by atoms with Crippen LogP contribution in [0.15, 0.2) is 60.7 Å². The molecule has 0 aliphatic heterocycles. The number of nitrogens with one attached hydrogen (secondary N) is 1. The summed E-state index contributed by atoms with van der Waals surface area (Å²) in [4.78, 5) is 27.5. The fraction of sp³-hybridized carbons (Fsp3) is 0.333. The molecule has 0 heterocycles. The number of urea groups is 1. The smallest absolute Gasteiger partial charge is 0.327 e. The molecule has 2 rings (SSSR count). The summed E-state index contributed by atoms with van der Waals surface area (Å²) in [6, 6.07) is 19.1. The van der Waals surface area contributed by atoms with Crippen molar-refractivity contribution >= 4 is 23.3 Å². The van der Waals surface area contributed by atoms with Gasteiger partial charge in [0.25, 0.3) is 0 Å². The van der Waals surface area contributed by atoms with Crippen molar-refractivity contribution in [2.75, 3.05) is 18.5 Å². The van der Waals surface area contributed by atoms with Gasteiger partial charge in [0, 0.05) is 20.0 Å². The van der Waals surface area contributed by atoms with Crippen LogP contribution in [0.3, 0.4) is 0 Å². The van der Waals surface area contributed by atoms with Crippen LogP contribution in [-0.4, -0.2) is 35.6 Å². The summed E-state index contributed by atoms with van der Waals surface area (Å²) in [7, 11) is 1.81.